The Hall–Kier alpha value is -3.35. The molecular weight excluding hydrogens is 350 g/mol. The smallest absolute Gasteiger partial charge is 0.325 e. The predicted octanol–water partition coefficient (Wildman–Crippen LogP) is 2.17. The largest absolute Gasteiger partial charge is 0.497 e. The van der Waals surface area contributed by atoms with Crippen molar-refractivity contribution in [1.29, 1.82) is 0 Å². The Balaban J connectivity index is 1.86. The number of aryl methyl sites for hydroxylation is 1. The molecule has 0 aromatic heterocycles. The molecule has 0 fully saturated rings. The first-order chi connectivity index (χ1) is 12.9. The lowest BCUT2D eigenvalue weighted by Crippen LogP contribution is -2.31. The van der Waals surface area contributed by atoms with Crippen molar-refractivity contribution in [3.05, 3.63) is 59.2 Å². The van der Waals surface area contributed by atoms with Gasteiger partial charge >= 0.3 is 5.97 Å². The lowest BCUT2D eigenvalue weighted by molar-refractivity contribution is -0.141. The minimum absolute atomic E-state index is 0.273. The number of methoxy groups -OCH3 is 2. The molecule has 0 saturated carbocycles. The molecule has 0 aliphatic carbocycles. The molecule has 142 valence electrons. The highest BCUT2D eigenvalue weighted by atomic mass is 16.5. The first-order valence-corrected chi connectivity index (χ1v) is 8.20. The maximum atomic E-state index is 12.2. The molecule has 7 nitrogen and oxygen atoms in total. The molecule has 27 heavy (non-hydrogen) atoms. The number of amides is 1. The minimum atomic E-state index is -0.711. The van der Waals surface area contributed by atoms with E-state index >= 15 is 0 Å². The molecule has 0 radical (unpaired) electrons. The summed E-state index contributed by atoms with van der Waals surface area (Å²) in [6.07, 6.45) is 0. The average Bonchev–Trinajstić information content (AvgIpc) is 2.69. The molecule has 0 heterocycles. The van der Waals surface area contributed by atoms with Crippen LogP contribution in [0.2, 0.25) is 0 Å². The SMILES string of the molecule is COc1ccc(C(=O)COC(=O)CNC(=O)c2cccc(C)c2)c(OC)c1. The molecule has 2 aromatic rings. The Kier molecular flexibility index (Phi) is 6.93. The summed E-state index contributed by atoms with van der Waals surface area (Å²) in [5.74, 6) is -0.661. The number of ketones is 1. The van der Waals surface area contributed by atoms with E-state index in [1.807, 2.05) is 13.0 Å². The van der Waals surface area contributed by atoms with E-state index < -0.39 is 18.4 Å². The highest BCUT2D eigenvalue weighted by Crippen LogP contribution is 2.24. The van der Waals surface area contributed by atoms with E-state index in [1.54, 1.807) is 30.3 Å². The summed E-state index contributed by atoms with van der Waals surface area (Å²) in [4.78, 5) is 36.0. The van der Waals surface area contributed by atoms with Gasteiger partial charge in [0, 0.05) is 11.6 Å². The molecule has 0 bridgehead atoms. The summed E-state index contributed by atoms with van der Waals surface area (Å²) in [5, 5.41) is 2.46. The van der Waals surface area contributed by atoms with Crippen molar-refractivity contribution in [1.82, 2.24) is 5.32 Å². The van der Waals surface area contributed by atoms with Gasteiger partial charge in [0.05, 0.1) is 19.8 Å². The zero-order valence-corrected chi connectivity index (χ0v) is 15.4. The maximum absolute atomic E-state index is 12.2. The summed E-state index contributed by atoms with van der Waals surface area (Å²) in [5.41, 5.74) is 1.65. The fourth-order valence-corrected chi connectivity index (χ4v) is 2.34. The first-order valence-electron chi connectivity index (χ1n) is 8.20. The zero-order valence-electron chi connectivity index (χ0n) is 15.4. The molecule has 0 atom stereocenters. The van der Waals surface area contributed by atoms with E-state index in [0.717, 1.165) is 5.56 Å². The van der Waals surface area contributed by atoms with Crippen LogP contribution >= 0.6 is 0 Å². The third kappa shape index (κ3) is 5.57. The summed E-state index contributed by atoms with van der Waals surface area (Å²) in [7, 11) is 2.93. The van der Waals surface area contributed by atoms with Gasteiger partial charge in [0.1, 0.15) is 18.0 Å². The normalized spacial score (nSPS) is 10.0. The van der Waals surface area contributed by atoms with Gasteiger partial charge < -0.3 is 19.5 Å². The lowest BCUT2D eigenvalue weighted by atomic mass is 10.1. The van der Waals surface area contributed by atoms with Crippen molar-refractivity contribution < 1.29 is 28.6 Å². The van der Waals surface area contributed by atoms with Gasteiger partial charge in [-0.25, -0.2) is 0 Å². The van der Waals surface area contributed by atoms with Crippen LogP contribution in [0.1, 0.15) is 26.3 Å². The Labute approximate surface area is 157 Å². The quantitative estimate of drug-likeness (QED) is 0.565. The second kappa shape index (κ2) is 9.38. The number of rotatable bonds is 8. The number of hydrogen-bond donors (Lipinski definition) is 1. The number of nitrogens with one attached hydrogen (secondary N) is 1. The summed E-state index contributed by atoms with van der Waals surface area (Å²) in [6, 6.07) is 11.7. The van der Waals surface area contributed by atoms with E-state index in [9.17, 15) is 14.4 Å². The summed E-state index contributed by atoms with van der Waals surface area (Å²) >= 11 is 0. The molecule has 2 aromatic carbocycles. The number of carbonyl (C=O) groups excluding carboxylic acids is 3. The van der Waals surface area contributed by atoms with Crippen LogP contribution in [0.25, 0.3) is 0 Å². The third-order valence-electron chi connectivity index (χ3n) is 3.75. The molecule has 0 saturated heterocycles. The van der Waals surface area contributed by atoms with E-state index in [-0.39, 0.29) is 18.0 Å². The Morgan fingerprint density at radius 2 is 1.78 bits per heavy atom. The van der Waals surface area contributed by atoms with Crippen LogP contribution in [-0.2, 0) is 9.53 Å². The van der Waals surface area contributed by atoms with Gasteiger partial charge in [-0.05, 0) is 31.2 Å². The minimum Gasteiger partial charge on any atom is -0.497 e. The van der Waals surface area contributed by atoms with Crippen molar-refractivity contribution in [2.75, 3.05) is 27.4 Å². The van der Waals surface area contributed by atoms with Crippen molar-refractivity contribution in [2.24, 2.45) is 0 Å². The fraction of sp³-hybridized carbons (Fsp3) is 0.250. The maximum Gasteiger partial charge on any atom is 0.325 e. The first kappa shape index (κ1) is 20.0. The zero-order chi connectivity index (χ0) is 19.8. The monoisotopic (exact) mass is 371 g/mol. The molecule has 0 aliphatic rings. The number of carbonyl (C=O) groups is 3. The molecule has 2 rings (SSSR count). The topological polar surface area (TPSA) is 90.9 Å². The van der Waals surface area contributed by atoms with Crippen LogP contribution in [0.3, 0.4) is 0 Å². The average molecular weight is 371 g/mol. The van der Waals surface area contributed by atoms with Crippen LogP contribution in [-0.4, -0.2) is 45.0 Å². The molecule has 0 aliphatic heterocycles. The van der Waals surface area contributed by atoms with Gasteiger partial charge in [0.15, 0.2) is 6.61 Å². The fourth-order valence-electron chi connectivity index (χ4n) is 2.34. The van der Waals surface area contributed by atoms with Gasteiger partial charge in [0.25, 0.3) is 5.91 Å². The summed E-state index contributed by atoms with van der Waals surface area (Å²) < 4.78 is 15.2. The van der Waals surface area contributed by atoms with Crippen molar-refractivity contribution in [3.63, 3.8) is 0 Å². The molecular formula is C20H21NO6. The highest BCUT2D eigenvalue weighted by molar-refractivity contribution is 6.01. The van der Waals surface area contributed by atoms with Gasteiger partial charge in [-0.3, -0.25) is 14.4 Å². The van der Waals surface area contributed by atoms with Crippen molar-refractivity contribution in [2.45, 2.75) is 6.92 Å². The van der Waals surface area contributed by atoms with Crippen molar-refractivity contribution in [3.8, 4) is 11.5 Å². The molecule has 1 amide bonds. The van der Waals surface area contributed by atoms with Crippen LogP contribution in [0.4, 0.5) is 0 Å². The number of benzene rings is 2. The predicted molar refractivity (Wildman–Crippen MR) is 98.3 cm³/mol. The number of ether oxygens (including phenoxy) is 3. The van der Waals surface area contributed by atoms with Gasteiger partial charge in [-0.1, -0.05) is 17.7 Å². The third-order valence-corrected chi connectivity index (χ3v) is 3.75. The molecule has 7 heteroatoms. The van der Waals surface area contributed by atoms with E-state index in [1.165, 1.54) is 20.3 Å². The van der Waals surface area contributed by atoms with Gasteiger partial charge in [-0.2, -0.15) is 0 Å². The van der Waals surface area contributed by atoms with E-state index in [0.29, 0.717) is 17.1 Å². The Bertz CT molecular complexity index is 846. The molecule has 0 spiro atoms. The number of esters is 1. The Morgan fingerprint density at radius 3 is 2.44 bits per heavy atom. The number of Topliss-reactive ketones (excluding diaryl/α,β-unsaturated/α-hetero) is 1. The standard InChI is InChI=1S/C20H21NO6/c1-13-5-4-6-14(9-13)20(24)21-11-19(23)27-12-17(22)16-8-7-15(25-2)10-18(16)26-3/h4-10H,11-12H2,1-3H3,(H,21,24). The van der Waals surface area contributed by atoms with Crippen molar-refractivity contribution >= 4 is 17.7 Å². The number of hydrogen-bond acceptors (Lipinski definition) is 6. The highest BCUT2D eigenvalue weighted by Gasteiger charge is 2.16. The molecule has 0 unspecified atom stereocenters. The molecule has 1 N–H and O–H groups in total. The van der Waals surface area contributed by atoms with Crippen LogP contribution in [0.15, 0.2) is 42.5 Å². The lowest BCUT2D eigenvalue weighted by Gasteiger charge is -2.10. The second-order valence-electron chi connectivity index (χ2n) is 5.70. The van der Waals surface area contributed by atoms with E-state index in [4.69, 9.17) is 14.2 Å². The van der Waals surface area contributed by atoms with Crippen LogP contribution in [0, 0.1) is 6.92 Å². The van der Waals surface area contributed by atoms with Gasteiger partial charge in [-0.15, -0.1) is 0 Å². The van der Waals surface area contributed by atoms with Gasteiger partial charge in [0.2, 0.25) is 5.78 Å². The van der Waals surface area contributed by atoms with Crippen LogP contribution < -0.4 is 14.8 Å². The van der Waals surface area contributed by atoms with E-state index in [2.05, 4.69) is 5.32 Å². The Morgan fingerprint density at radius 1 is 1.00 bits per heavy atom. The second-order valence-corrected chi connectivity index (χ2v) is 5.70. The van der Waals surface area contributed by atoms with Crippen LogP contribution in [0.5, 0.6) is 11.5 Å². The summed E-state index contributed by atoms with van der Waals surface area (Å²) in [6.45, 7) is 1.08.